The van der Waals surface area contributed by atoms with Crippen molar-refractivity contribution < 1.29 is 0 Å². The Morgan fingerprint density at radius 3 is 0.833 bits per heavy atom. The van der Waals surface area contributed by atoms with Crippen molar-refractivity contribution in [3.63, 3.8) is 0 Å². The van der Waals surface area contributed by atoms with Gasteiger partial charge in [-0.3, -0.25) is 0 Å². The molecule has 0 saturated carbocycles. The van der Waals surface area contributed by atoms with Gasteiger partial charge < -0.3 is 0 Å². The quantitative estimate of drug-likeness (QED) is 0.0896. The molecule has 0 radical (unpaired) electrons. The standard InChI is InChI=1S/C28H61P.BrH/c1-5-9-13-14-15-16-17-18-19-20-21-22-23-24-28-29(25-10-6-2,26-11-7-3)27-12-8-4;/h29H,5-28H2,1-4H3;1H. The summed E-state index contributed by atoms with van der Waals surface area (Å²) < 4.78 is 0. The fraction of sp³-hybridized carbons (Fsp3) is 1.00. The van der Waals surface area contributed by atoms with Crippen LogP contribution in [0, 0.1) is 0 Å². The summed E-state index contributed by atoms with van der Waals surface area (Å²) in [4.78, 5) is 0. The molecule has 30 heavy (non-hydrogen) atoms. The van der Waals surface area contributed by atoms with Gasteiger partial charge in [0.2, 0.25) is 0 Å². The van der Waals surface area contributed by atoms with E-state index in [1.807, 2.05) is 0 Å². The fourth-order valence-corrected chi connectivity index (χ4v) is 10.9. The number of halogens is 1. The molecule has 0 heterocycles. The van der Waals surface area contributed by atoms with E-state index in [1.165, 1.54) is 122 Å². The van der Waals surface area contributed by atoms with Crippen LogP contribution in [0.5, 0.6) is 0 Å². The zero-order valence-corrected chi connectivity index (χ0v) is 24.6. The Kier molecular flexibility index (Phi) is 28.9. The van der Waals surface area contributed by atoms with Crippen molar-refractivity contribution >= 4 is 24.2 Å². The van der Waals surface area contributed by atoms with E-state index >= 15 is 0 Å². The Morgan fingerprint density at radius 2 is 0.533 bits per heavy atom. The van der Waals surface area contributed by atoms with E-state index in [4.69, 9.17) is 0 Å². The van der Waals surface area contributed by atoms with E-state index in [2.05, 4.69) is 27.7 Å². The molecule has 186 valence electrons. The van der Waals surface area contributed by atoms with Gasteiger partial charge in [0.25, 0.3) is 0 Å². The van der Waals surface area contributed by atoms with Crippen LogP contribution in [-0.4, -0.2) is 24.6 Å². The molecule has 0 aromatic rings. The Bertz CT molecular complexity index is 283. The molecule has 0 aromatic carbocycles. The normalized spacial score (nSPS) is 12.1. The van der Waals surface area contributed by atoms with Gasteiger partial charge in [-0.1, -0.05) is 26.2 Å². The molecular formula is C28H62BrP. The molecule has 0 unspecified atom stereocenters. The van der Waals surface area contributed by atoms with Crippen LogP contribution in [0.1, 0.15) is 156 Å². The molecule has 0 atom stereocenters. The van der Waals surface area contributed by atoms with Gasteiger partial charge in [-0.25, -0.2) is 0 Å². The summed E-state index contributed by atoms with van der Waals surface area (Å²) in [5.41, 5.74) is 0. The number of hydrogen-bond acceptors (Lipinski definition) is 0. The molecule has 0 fully saturated rings. The van der Waals surface area contributed by atoms with E-state index in [0.717, 1.165) is 0 Å². The third kappa shape index (κ3) is 20.8. The second-order valence-electron chi connectivity index (χ2n) is 10.2. The van der Waals surface area contributed by atoms with Crippen molar-refractivity contribution in [2.45, 2.75) is 156 Å². The predicted octanol–water partition coefficient (Wildman–Crippen LogP) is 11.2. The molecule has 0 aliphatic rings. The minimum absolute atomic E-state index is 0. The van der Waals surface area contributed by atoms with Gasteiger partial charge in [0.05, 0.1) is 0 Å². The van der Waals surface area contributed by atoms with Crippen molar-refractivity contribution in [1.82, 2.24) is 0 Å². The van der Waals surface area contributed by atoms with E-state index in [9.17, 15) is 0 Å². The van der Waals surface area contributed by atoms with Crippen molar-refractivity contribution in [3.8, 4) is 0 Å². The molecule has 0 bridgehead atoms. The van der Waals surface area contributed by atoms with Crippen molar-refractivity contribution in [1.29, 1.82) is 0 Å². The van der Waals surface area contributed by atoms with Gasteiger partial charge in [-0.05, 0) is 0 Å². The summed E-state index contributed by atoms with van der Waals surface area (Å²) in [7, 11) is -0.961. The second kappa shape index (κ2) is 26.2. The van der Waals surface area contributed by atoms with Crippen molar-refractivity contribution in [2.75, 3.05) is 24.6 Å². The van der Waals surface area contributed by atoms with Crippen LogP contribution in [0.4, 0.5) is 0 Å². The summed E-state index contributed by atoms with van der Waals surface area (Å²) in [6.45, 7) is 9.49. The van der Waals surface area contributed by atoms with E-state index in [1.54, 1.807) is 31.1 Å². The van der Waals surface area contributed by atoms with Crippen LogP contribution >= 0.6 is 24.2 Å². The summed E-state index contributed by atoms with van der Waals surface area (Å²) in [6.07, 6.45) is 36.2. The van der Waals surface area contributed by atoms with Crippen LogP contribution in [0.15, 0.2) is 0 Å². The first-order chi connectivity index (χ1) is 14.2. The number of unbranched alkanes of at least 4 members (excludes halogenated alkanes) is 16. The van der Waals surface area contributed by atoms with Crippen LogP contribution in [0.3, 0.4) is 0 Å². The average molecular weight is 510 g/mol. The topological polar surface area (TPSA) is 0 Å². The first-order valence-corrected chi connectivity index (χ1v) is 17.1. The predicted molar refractivity (Wildman–Crippen MR) is 153 cm³/mol. The number of hydrogen-bond donors (Lipinski definition) is 0. The van der Waals surface area contributed by atoms with Gasteiger partial charge in [0.15, 0.2) is 0 Å². The molecule has 0 aliphatic heterocycles. The first-order valence-electron chi connectivity index (χ1n) is 14.2. The van der Waals surface area contributed by atoms with Crippen molar-refractivity contribution in [3.05, 3.63) is 0 Å². The zero-order valence-electron chi connectivity index (χ0n) is 21.9. The number of rotatable bonds is 24. The summed E-state index contributed by atoms with van der Waals surface area (Å²) in [5, 5.41) is 0. The van der Waals surface area contributed by atoms with Gasteiger partial charge in [0, 0.05) is 0 Å². The van der Waals surface area contributed by atoms with Crippen molar-refractivity contribution in [2.24, 2.45) is 0 Å². The summed E-state index contributed by atoms with van der Waals surface area (Å²) >= 11 is 0. The molecular weight excluding hydrogens is 447 g/mol. The van der Waals surface area contributed by atoms with Gasteiger partial charge >= 0.3 is 162 Å². The zero-order chi connectivity index (χ0) is 21.5. The van der Waals surface area contributed by atoms with Crippen LogP contribution < -0.4 is 0 Å². The van der Waals surface area contributed by atoms with E-state index in [0.29, 0.717) is 0 Å². The third-order valence-corrected chi connectivity index (χ3v) is 12.9. The van der Waals surface area contributed by atoms with Gasteiger partial charge in [-0.15, -0.1) is 17.0 Å². The average Bonchev–Trinajstić information content (AvgIpc) is 2.74. The summed E-state index contributed by atoms with van der Waals surface area (Å²) in [6, 6.07) is 0. The molecule has 0 saturated heterocycles. The molecule has 0 amide bonds. The second-order valence-corrected chi connectivity index (χ2v) is 15.2. The molecule has 0 rings (SSSR count). The molecule has 0 spiro atoms. The SMILES string of the molecule is Br.CCCCCCCCCCCCCCCC[PH](CCCC)(CCCC)CCCC. The monoisotopic (exact) mass is 508 g/mol. The Morgan fingerprint density at radius 1 is 0.300 bits per heavy atom. The van der Waals surface area contributed by atoms with Gasteiger partial charge in [0.1, 0.15) is 0 Å². The maximum absolute atomic E-state index is 2.39. The minimum atomic E-state index is -0.961. The maximum atomic E-state index is 2.39. The van der Waals surface area contributed by atoms with Crippen LogP contribution in [-0.2, 0) is 0 Å². The Labute approximate surface area is 204 Å². The Balaban J connectivity index is 0. The fourth-order valence-electron chi connectivity index (χ4n) is 5.10. The van der Waals surface area contributed by atoms with E-state index < -0.39 is 7.26 Å². The van der Waals surface area contributed by atoms with Crippen LogP contribution in [0.25, 0.3) is 0 Å². The third-order valence-electron chi connectivity index (χ3n) is 7.24. The molecule has 0 aromatic heterocycles. The molecule has 2 heteroatoms. The van der Waals surface area contributed by atoms with Crippen LogP contribution in [0.2, 0.25) is 0 Å². The molecule has 0 N–H and O–H groups in total. The molecule has 0 aliphatic carbocycles. The van der Waals surface area contributed by atoms with Gasteiger partial charge in [-0.2, -0.15) is 0 Å². The summed E-state index contributed by atoms with van der Waals surface area (Å²) in [5.74, 6) is 0. The molecule has 0 nitrogen and oxygen atoms in total. The first kappa shape index (κ1) is 33.1. The Hall–Kier alpha value is 0.910. The van der Waals surface area contributed by atoms with E-state index in [-0.39, 0.29) is 17.0 Å².